The lowest BCUT2D eigenvalue weighted by atomic mass is 10.3. The summed E-state index contributed by atoms with van der Waals surface area (Å²) >= 11 is 0. The van der Waals surface area contributed by atoms with E-state index in [1.54, 1.807) is 6.20 Å². The summed E-state index contributed by atoms with van der Waals surface area (Å²) in [6, 6.07) is 0. The van der Waals surface area contributed by atoms with E-state index in [1.165, 1.54) is 26.1 Å². The minimum absolute atomic E-state index is 0.249. The molecule has 0 aliphatic heterocycles. The Morgan fingerprint density at radius 1 is 1.47 bits per heavy atom. The maximum absolute atomic E-state index is 11.2. The van der Waals surface area contributed by atoms with Crippen LogP contribution in [0.2, 0.25) is 0 Å². The maximum atomic E-state index is 11.2. The van der Waals surface area contributed by atoms with E-state index in [0.717, 1.165) is 24.8 Å². The van der Waals surface area contributed by atoms with Crippen molar-refractivity contribution in [1.29, 1.82) is 0 Å². The molecule has 0 radical (unpaired) electrons. The first kappa shape index (κ1) is 11.8. The van der Waals surface area contributed by atoms with Crippen LogP contribution in [0.1, 0.15) is 30.3 Å². The fourth-order valence-electron chi connectivity index (χ4n) is 1.69. The van der Waals surface area contributed by atoms with Crippen molar-refractivity contribution in [2.75, 3.05) is 25.1 Å². The van der Waals surface area contributed by atoms with Crippen LogP contribution in [0.15, 0.2) is 12.4 Å². The van der Waals surface area contributed by atoms with E-state index in [9.17, 15) is 4.79 Å². The van der Waals surface area contributed by atoms with Gasteiger partial charge in [0.1, 0.15) is 5.82 Å². The number of aromatic nitrogens is 2. The van der Waals surface area contributed by atoms with Crippen LogP contribution in [-0.4, -0.2) is 36.1 Å². The van der Waals surface area contributed by atoms with E-state index in [0.29, 0.717) is 0 Å². The minimum Gasteiger partial charge on any atom is -0.464 e. The molecule has 1 fully saturated rings. The molecule has 0 unspecified atom stereocenters. The Balaban J connectivity index is 2.06. The lowest BCUT2D eigenvalue weighted by Crippen LogP contribution is -2.26. The predicted molar refractivity (Wildman–Crippen MR) is 64.0 cm³/mol. The van der Waals surface area contributed by atoms with E-state index in [2.05, 4.69) is 26.5 Å². The molecule has 0 spiro atoms. The standard InChI is InChI=1S/C12H17N3O2/c1-3-15(8-9-4-5-9)11-7-13-10(6-14-11)12(16)17-2/h6-7,9H,3-5,8H2,1-2H3. The number of rotatable bonds is 5. The average molecular weight is 235 g/mol. The summed E-state index contributed by atoms with van der Waals surface area (Å²) in [7, 11) is 1.34. The third-order valence-electron chi connectivity index (χ3n) is 2.91. The van der Waals surface area contributed by atoms with Crippen LogP contribution in [0.4, 0.5) is 5.82 Å². The molecule has 0 saturated heterocycles. The van der Waals surface area contributed by atoms with Gasteiger partial charge in [-0.2, -0.15) is 0 Å². The number of methoxy groups -OCH3 is 1. The van der Waals surface area contributed by atoms with Crippen molar-refractivity contribution in [2.45, 2.75) is 19.8 Å². The number of carbonyl (C=O) groups is 1. The van der Waals surface area contributed by atoms with Crippen molar-refractivity contribution in [3.63, 3.8) is 0 Å². The van der Waals surface area contributed by atoms with Gasteiger partial charge in [-0.3, -0.25) is 0 Å². The zero-order chi connectivity index (χ0) is 12.3. The van der Waals surface area contributed by atoms with Gasteiger partial charge in [0.15, 0.2) is 5.69 Å². The van der Waals surface area contributed by atoms with Crippen LogP contribution in [-0.2, 0) is 4.74 Å². The minimum atomic E-state index is -0.450. The monoisotopic (exact) mass is 235 g/mol. The Morgan fingerprint density at radius 3 is 2.71 bits per heavy atom. The molecule has 0 amide bonds. The van der Waals surface area contributed by atoms with Crippen LogP contribution >= 0.6 is 0 Å². The molecule has 1 saturated carbocycles. The highest BCUT2D eigenvalue weighted by Crippen LogP contribution is 2.30. The van der Waals surface area contributed by atoms with Crippen LogP contribution in [0.25, 0.3) is 0 Å². The first-order valence-electron chi connectivity index (χ1n) is 5.90. The molecule has 5 heteroatoms. The molecule has 2 rings (SSSR count). The van der Waals surface area contributed by atoms with Crippen molar-refractivity contribution in [1.82, 2.24) is 9.97 Å². The summed E-state index contributed by atoms with van der Waals surface area (Å²) in [6.07, 6.45) is 5.73. The van der Waals surface area contributed by atoms with Crippen LogP contribution < -0.4 is 4.90 Å². The molecule has 0 N–H and O–H groups in total. The van der Waals surface area contributed by atoms with Gasteiger partial charge in [0.05, 0.1) is 19.5 Å². The fraction of sp³-hybridized carbons (Fsp3) is 0.583. The number of hydrogen-bond donors (Lipinski definition) is 0. The summed E-state index contributed by atoms with van der Waals surface area (Å²) in [4.78, 5) is 21.7. The van der Waals surface area contributed by atoms with Crippen molar-refractivity contribution >= 4 is 11.8 Å². The molecule has 0 aromatic carbocycles. The number of anilines is 1. The van der Waals surface area contributed by atoms with E-state index in [-0.39, 0.29) is 5.69 Å². The third kappa shape index (κ3) is 2.93. The lowest BCUT2D eigenvalue weighted by molar-refractivity contribution is 0.0593. The molecule has 92 valence electrons. The highest BCUT2D eigenvalue weighted by atomic mass is 16.5. The molecule has 1 aromatic rings. The number of hydrogen-bond acceptors (Lipinski definition) is 5. The molecule has 1 aromatic heterocycles. The Hall–Kier alpha value is -1.65. The summed E-state index contributed by atoms with van der Waals surface area (Å²) in [5.74, 6) is 1.18. The second-order valence-corrected chi connectivity index (χ2v) is 4.23. The third-order valence-corrected chi connectivity index (χ3v) is 2.91. The Kier molecular flexibility index (Phi) is 3.56. The molecule has 5 nitrogen and oxygen atoms in total. The van der Waals surface area contributed by atoms with E-state index < -0.39 is 5.97 Å². The topological polar surface area (TPSA) is 55.3 Å². The molecule has 0 atom stereocenters. The van der Waals surface area contributed by atoms with Gasteiger partial charge in [-0.1, -0.05) is 0 Å². The quantitative estimate of drug-likeness (QED) is 0.724. The van der Waals surface area contributed by atoms with Gasteiger partial charge < -0.3 is 9.64 Å². The Morgan fingerprint density at radius 2 is 2.24 bits per heavy atom. The highest BCUT2D eigenvalue weighted by molar-refractivity contribution is 5.86. The largest absolute Gasteiger partial charge is 0.464 e. The zero-order valence-corrected chi connectivity index (χ0v) is 10.2. The van der Waals surface area contributed by atoms with Crippen LogP contribution in [0.5, 0.6) is 0 Å². The highest BCUT2D eigenvalue weighted by Gasteiger charge is 2.24. The molecule has 17 heavy (non-hydrogen) atoms. The molecule has 0 bridgehead atoms. The smallest absolute Gasteiger partial charge is 0.358 e. The van der Waals surface area contributed by atoms with E-state index in [4.69, 9.17) is 0 Å². The maximum Gasteiger partial charge on any atom is 0.358 e. The first-order chi connectivity index (χ1) is 8.24. The van der Waals surface area contributed by atoms with Crippen molar-refractivity contribution < 1.29 is 9.53 Å². The van der Waals surface area contributed by atoms with Gasteiger partial charge >= 0.3 is 5.97 Å². The zero-order valence-electron chi connectivity index (χ0n) is 10.2. The molecular weight excluding hydrogens is 218 g/mol. The van der Waals surface area contributed by atoms with E-state index in [1.807, 2.05) is 0 Å². The molecule has 1 aliphatic rings. The van der Waals surface area contributed by atoms with Crippen molar-refractivity contribution in [3.05, 3.63) is 18.1 Å². The summed E-state index contributed by atoms with van der Waals surface area (Å²) < 4.78 is 4.58. The predicted octanol–water partition coefficient (Wildman–Crippen LogP) is 1.50. The molecule has 1 heterocycles. The van der Waals surface area contributed by atoms with Gasteiger partial charge in [0, 0.05) is 13.1 Å². The summed E-state index contributed by atoms with van der Waals surface area (Å²) in [6.45, 7) is 4.03. The molecular formula is C12H17N3O2. The fourth-order valence-corrected chi connectivity index (χ4v) is 1.69. The average Bonchev–Trinajstić information content (AvgIpc) is 3.19. The van der Waals surface area contributed by atoms with E-state index >= 15 is 0 Å². The number of ether oxygens (including phenoxy) is 1. The normalized spacial score (nSPS) is 14.5. The van der Waals surface area contributed by atoms with Crippen molar-refractivity contribution in [2.24, 2.45) is 5.92 Å². The second-order valence-electron chi connectivity index (χ2n) is 4.23. The Labute approximate surface area is 101 Å². The lowest BCUT2D eigenvalue weighted by Gasteiger charge is -2.21. The molecule has 1 aliphatic carbocycles. The van der Waals surface area contributed by atoms with Gasteiger partial charge in [0.2, 0.25) is 0 Å². The SMILES string of the molecule is CCN(CC1CC1)c1cnc(C(=O)OC)cn1. The summed E-state index contributed by atoms with van der Waals surface area (Å²) in [5.41, 5.74) is 0.249. The number of nitrogens with zero attached hydrogens (tertiary/aromatic N) is 3. The van der Waals surface area contributed by atoms with Crippen LogP contribution in [0.3, 0.4) is 0 Å². The van der Waals surface area contributed by atoms with Crippen LogP contribution in [0, 0.1) is 5.92 Å². The van der Waals surface area contributed by atoms with Crippen molar-refractivity contribution in [3.8, 4) is 0 Å². The number of esters is 1. The summed E-state index contributed by atoms with van der Waals surface area (Å²) in [5, 5.41) is 0. The number of carbonyl (C=O) groups excluding carboxylic acids is 1. The van der Waals surface area contributed by atoms with Gasteiger partial charge in [-0.15, -0.1) is 0 Å². The van der Waals surface area contributed by atoms with Gasteiger partial charge in [-0.25, -0.2) is 14.8 Å². The first-order valence-corrected chi connectivity index (χ1v) is 5.90. The second kappa shape index (κ2) is 5.12. The van der Waals surface area contributed by atoms with Gasteiger partial charge in [0.25, 0.3) is 0 Å². The Bertz CT molecular complexity index is 387. The van der Waals surface area contributed by atoms with Gasteiger partial charge in [-0.05, 0) is 25.7 Å².